The van der Waals surface area contributed by atoms with Crippen LogP contribution in [-0.2, 0) is 0 Å². The predicted octanol–water partition coefficient (Wildman–Crippen LogP) is 4.78. The normalized spacial score (nSPS) is 32.0. The molecule has 0 radical (unpaired) electrons. The van der Waals surface area contributed by atoms with Gasteiger partial charge in [-0.05, 0) is 38.8 Å². The third-order valence-electron chi connectivity index (χ3n) is 5.43. The average Bonchev–Trinajstić information content (AvgIpc) is 2.58. The lowest BCUT2D eigenvalue weighted by molar-refractivity contribution is 0.313. The van der Waals surface area contributed by atoms with Crippen LogP contribution in [0, 0.1) is 0 Å². The highest BCUT2D eigenvalue weighted by atomic mass is 15.0. The van der Waals surface area contributed by atoms with E-state index in [0.717, 1.165) is 12.1 Å². The van der Waals surface area contributed by atoms with E-state index >= 15 is 0 Å². The molecule has 2 heterocycles. The van der Waals surface area contributed by atoms with Crippen molar-refractivity contribution in [1.29, 1.82) is 0 Å². The Morgan fingerprint density at radius 2 is 0.714 bits per heavy atom. The first kappa shape index (κ1) is 17.3. The molecule has 124 valence electrons. The Kier molecular flexibility index (Phi) is 9.45. The van der Waals surface area contributed by atoms with Crippen LogP contribution in [0.4, 0.5) is 0 Å². The first-order valence-electron chi connectivity index (χ1n) is 9.93. The highest BCUT2D eigenvalue weighted by Gasteiger charge is 2.20. The van der Waals surface area contributed by atoms with Crippen molar-refractivity contribution in [3.05, 3.63) is 0 Å². The molecular weight excluding hydrogens is 256 g/mol. The quantitative estimate of drug-likeness (QED) is 0.727. The molecule has 0 aromatic carbocycles. The minimum atomic E-state index is 0.725. The maximum absolute atomic E-state index is 3.91. The van der Waals surface area contributed by atoms with Crippen LogP contribution in [0.25, 0.3) is 0 Å². The van der Waals surface area contributed by atoms with E-state index in [4.69, 9.17) is 0 Å². The van der Waals surface area contributed by atoms with Crippen LogP contribution in [0.3, 0.4) is 0 Å². The van der Waals surface area contributed by atoms with Crippen molar-refractivity contribution in [2.24, 2.45) is 0 Å². The van der Waals surface area contributed by atoms with Crippen molar-refractivity contribution >= 4 is 0 Å². The third-order valence-corrected chi connectivity index (χ3v) is 5.43. The molecule has 0 aromatic heterocycles. The summed E-state index contributed by atoms with van der Waals surface area (Å²) in [5, 5.41) is 7.80. The van der Waals surface area contributed by atoms with Crippen LogP contribution in [0.2, 0.25) is 0 Å². The Morgan fingerprint density at radius 3 is 1.14 bits per heavy atom. The molecule has 0 spiro atoms. The fourth-order valence-electron chi connectivity index (χ4n) is 4.04. The van der Waals surface area contributed by atoms with Crippen molar-refractivity contribution in [3.63, 3.8) is 0 Å². The van der Waals surface area contributed by atoms with Gasteiger partial charge < -0.3 is 10.6 Å². The smallest absolute Gasteiger partial charge is 0.0221 e. The number of hydrogen-bond donors (Lipinski definition) is 2. The highest BCUT2D eigenvalue weighted by molar-refractivity contribution is 4.83. The van der Waals surface area contributed by atoms with E-state index in [-0.39, 0.29) is 0 Å². The molecule has 21 heavy (non-hydrogen) atoms. The van der Waals surface area contributed by atoms with E-state index in [2.05, 4.69) is 10.6 Å². The van der Waals surface area contributed by atoms with Gasteiger partial charge in [-0.15, -0.1) is 0 Å². The summed E-state index contributed by atoms with van der Waals surface area (Å²) in [5.41, 5.74) is 0. The Morgan fingerprint density at radius 1 is 0.381 bits per heavy atom. The zero-order chi connectivity index (χ0) is 14.6. The summed E-state index contributed by atoms with van der Waals surface area (Å²) in [6, 6.07) is 1.45. The molecule has 0 saturated carbocycles. The van der Waals surface area contributed by atoms with E-state index in [9.17, 15) is 0 Å². The molecule has 0 amide bonds. The van der Waals surface area contributed by atoms with Crippen molar-refractivity contribution in [2.45, 2.75) is 108 Å². The topological polar surface area (TPSA) is 24.1 Å². The summed E-state index contributed by atoms with van der Waals surface area (Å²) in [4.78, 5) is 0. The van der Waals surface area contributed by atoms with Gasteiger partial charge in [0, 0.05) is 12.1 Å². The minimum absolute atomic E-state index is 0.725. The van der Waals surface area contributed by atoms with Crippen LogP contribution in [-0.4, -0.2) is 25.2 Å². The number of rotatable bonds is 1. The van der Waals surface area contributed by atoms with Gasteiger partial charge in [-0.25, -0.2) is 0 Å². The molecule has 2 heteroatoms. The van der Waals surface area contributed by atoms with Gasteiger partial charge in [0.1, 0.15) is 0 Å². The maximum atomic E-state index is 3.91. The molecule has 0 aliphatic carbocycles. The van der Waals surface area contributed by atoms with Crippen molar-refractivity contribution < 1.29 is 0 Å². The second-order valence-electron chi connectivity index (χ2n) is 7.29. The van der Waals surface area contributed by atoms with E-state index in [1.807, 2.05) is 0 Å². The predicted molar refractivity (Wildman–Crippen MR) is 92.8 cm³/mol. The second-order valence-corrected chi connectivity index (χ2v) is 7.29. The van der Waals surface area contributed by atoms with Gasteiger partial charge in [0.05, 0.1) is 0 Å². The standard InChI is InChI=1S/C19H38N2/c1-2-6-10-14-18(20-16-12-8-4-1)19-15-11-7-3-5-9-13-17-21-19/h18-21H,1-17H2. The lowest BCUT2D eigenvalue weighted by Crippen LogP contribution is -2.48. The first-order valence-corrected chi connectivity index (χ1v) is 9.93. The summed E-state index contributed by atoms with van der Waals surface area (Å²) in [7, 11) is 0. The lowest BCUT2D eigenvalue weighted by atomic mass is 9.94. The highest BCUT2D eigenvalue weighted by Crippen LogP contribution is 2.18. The summed E-state index contributed by atoms with van der Waals surface area (Å²) in [5.74, 6) is 0. The first-order chi connectivity index (χ1) is 10.5. The summed E-state index contributed by atoms with van der Waals surface area (Å²) in [6.45, 7) is 2.48. The summed E-state index contributed by atoms with van der Waals surface area (Å²) >= 11 is 0. The summed E-state index contributed by atoms with van der Waals surface area (Å²) in [6.07, 6.45) is 21.4. The van der Waals surface area contributed by atoms with Gasteiger partial charge in [-0.1, -0.05) is 70.6 Å². The zero-order valence-corrected chi connectivity index (χ0v) is 14.2. The Labute approximate surface area is 132 Å². The molecular formula is C19H38N2. The van der Waals surface area contributed by atoms with Crippen molar-refractivity contribution in [1.82, 2.24) is 10.6 Å². The van der Waals surface area contributed by atoms with Crippen molar-refractivity contribution in [2.75, 3.05) is 13.1 Å². The average molecular weight is 295 g/mol. The van der Waals surface area contributed by atoms with Crippen LogP contribution in [0.15, 0.2) is 0 Å². The van der Waals surface area contributed by atoms with E-state index in [1.54, 1.807) is 0 Å². The monoisotopic (exact) mass is 294 g/mol. The second kappa shape index (κ2) is 11.5. The number of nitrogens with one attached hydrogen (secondary N) is 2. The van der Waals surface area contributed by atoms with Crippen molar-refractivity contribution in [3.8, 4) is 0 Å². The maximum Gasteiger partial charge on any atom is 0.0221 e. The van der Waals surface area contributed by atoms with Gasteiger partial charge in [0.15, 0.2) is 0 Å². The van der Waals surface area contributed by atoms with Gasteiger partial charge in [0.25, 0.3) is 0 Å². The molecule has 2 saturated heterocycles. The van der Waals surface area contributed by atoms with E-state index in [0.29, 0.717) is 0 Å². The molecule has 2 fully saturated rings. The van der Waals surface area contributed by atoms with Crippen LogP contribution >= 0.6 is 0 Å². The fourth-order valence-corrected chi connectivity index (χ4v) is 4.04. The van der Waals surface area contributed by atoms with Gasteiger partial charge in [0.2, 0.25) is 0 Å². The van der Waals surface area contributed by atoms with Crippen LogP contribution < -0.4 is 10.6 Å². The SMILES string of the molecule is C1CCCCNC(C2CCCCCCCCN2)CCCC1. The summed E-state index contributed by atoms with van der Waals surface area (Å²) < 4.78 is 0. The molecule has 2 rings (SSSR count). The largest absolute Gasteiger partial charge is 0.312 e. The minimum Gasteiger partial charge on any atom is -0.312 e. The van der Waals surface area contributed by atoms with E-state index < -0.39 is 0 Å². The van der Waals surface area contributed by atoms with Gasteiger partial charge in [-0.2, -0.15) is 0 Å². The van der Waals surface area contributed by atoms with Gasteiger partial charge in [-0.3, -0.25) is 0 Å². The Balaban J connectivity index is 1.82. The molecule has 2 aliphatic heterocycles. The zero-order valence-electron chi connectivity index (χ0n) is 14.2. The molecule has 2 aliphatic rings. The Hall–Kier alpha value is -0.0800. The Bertz CT molecular complexity index is 220. The molecule has 2 unspecified atom stereocenters. The van der Waals surface area contributed by atoms with Gasteiger partial charge >= 0.3 is 0 Å². The van der Waals surface area contributed by atoms with Crippen LogP contribution in [0.1, 0.15) is 96.3 Å². The fraction of sp³-hybridized carbons (Fsp3) is 1.00. The molecule has 0 aromatic rings. The molecule has 2 atom stereocenters. The third kappa shape index (κ3) is 7.65. The molecule has 0 bridgehead atoms. The molecule has 2 N–H and O–H groups in total. The lowest BCUT2D eigenvalue weighted by Gasteiger charge is -2.30. The number of hydrogen-bond acceptors (Lipinski definition) is 2. The molecule has 2 nitrogen and oxygen atoms in total. The van der Waals surface area contributed by atoms with E-state index in [1.165, 1.54) is 109 Å². The van der Waals surface area contributed by atoms with Crippen LogP contribution in [0.5, 0.6) is 0 Å².